The van der Waals surface area contributed by atoms with Gasteiger partial charge in [0, 0.05) is 17.8 Å². The van der Waals surface area contributed by atoms with Crippen molar-refractivity contribution in [1.29, 1.82) is 0 Å². The Labute approximate surface area is 121 Å². The van der Waals surface area contributed by atoms with Crippen molar-refractivity contribution in [2.24, 2.45) is 0 Å². The second-order valence-electron chi connectivity index (χ2n) is 4.74. The van der Waals surface area contributed by atoms with Gasteiger partial charge in [-0.15, -0.1) is 0 Å². The first-order chi connectivity index (χ1) is 9.58. The lowest BCUT2D eigenvalue weighted by Gasteiger charge is -2.13. The molecule has 0 bridgehead atoms. The standard InChI is InChI=1S/C14H24BNO4/c1-4-6-14-13(15(17)18)8-7-12(16-14)10-19-9-11(3)20-5-2/h7-8,11,17-18H,4-6,9-10H2,1-3H3/t11-/m1/s1. The predicted molar refractivity (Wildman–Crippen MR) is 78.8 cm³/mol. The zero-order valence-corrected chi connectivity index (χ0v) is 12.5. The van der Waals surface area contributed by atoms with Gasteiger partial charge < -0.3 is 19.5 Å². The Morgan fingerprint density at radius 1 is 1.30 bits per heavy atom. The molecule has 0 spiro atoms. The maximum absolute atomic E-state index is 9.30. The molecule has 0 aliphatic carbocycles. The monoisotopic (exact) mass is 281 g/mol. The van der Waals surface area contributed by atoms with Gasteiger partial charge in [-0.1, -0.05) is 19.4 Å². The van der Waals surface area contributed by atoms with Crippen LogP contribution in [-0.2, 0) is 22.5 Å². The van der Waals surface area contributed by atoms with Gasteiger partial charge in [0.2, 0.25) is 0 Å². The molecule has 5 nitrogen and oxygen atoms in total. The van der Waals surface area contributed by atoms with E-state index in [-0.39, 0.29) is 6.10 Å². The summed E-state index contributed by atoms with van der Waals surface area (Å²) in [7, 11) is -1.48. The van der Waals surface area contributed by atoms with Crippen molar-refractivity contribution in [3.8, 4) is 0 Å². The third-order valence-corrected chi connectivity index (χ3v) is 2.89. The highest BCUT2D eigenvalue weighted by Gasteiger charge is 2.17. The molecule has 0 aliphatic heterocycles. The maximum atomic E-state index is 9.30. The smallest absolute Gasteiger partial charge is 0.423 e. The summed E-state index contributed by atoms with van der Waals surface area (Å²) in [5.41, 5.74) is 1.99. The third kappa shape index (κ3) is 5.59. The van der Waals surface area contributed by atoms with Crippen LogP contribution in [0.1, 0.15) is 38.6 Å². The summed E-state index contributed by atoms with van der Waals surface area (Å²) in [6.07, 6.45) is 1.68. The summed E-state index contributed by atoms with van der Waals surface area (Å²) < 4.78 is 10.9. The topological polar surface area (TPSA) is 71.8 Å². The molecule has 20 heavy (non-hydrogen) atoms. The van der Waals surface area contributed by atoms with Crippen molar-refractivity contribution in [1.82, 2.24) is 4.98 Å². The Bertz CT molecular complexity index is 401. The van der Waals surface area contributed by atoms with Crippen LogP contribution in [0.4, 0.5) is 0 Å². The molecule has 6 heteroatoms. The van der Waals surface area contributed by atoms with Crippen LogP contribution in [0.25, 0.3) is 0 Å². The molecule has 0 unspecified atom stereocenters. The van der Waals surface area contributed by atoms with Gasteiger partial charge in [-0.05, 0) is 26.3 Å². The zero-order chi connectivity index (χ0) is 15.0. The van der Waals surface area contributed by atoms with Crippen LogP contribution in [0.5, 0.6) is 0 Å². The van der Waals surface area contributed by atoms with Crippen LogP contribution in [-0.4, -0.2) is 41.5 Å². The molecule has 112 valence electrons. The van der Waals surface area contributed by atoms with E-state index in [1.165, 1.54) is 0 Å². The van der Waals surface area contributed by atoms with Crippen molar-refractivity contribution >= 4 is 12.6 Å². The van der Waals surface area contributed by atoms with Crippen LogP contribution in [0.3, 0.4) is 0 Å². The van der Waals surface area contributed by atoms with E-state index in [9.17, 15) is 10.0 Å². The fraction of sp³-hybridized carbons (Fsp3) is 0.643. The average Bonchev–Trinajstić information content (AvgIpc) is 2.39. The minimum absolute atomic E-state index is 0.0636. The Balaban J connectivity index is 2.60. The quantitative estimate of drug-likeness (QED) is 0.650. The van der Waals surface area contributed by atoms with Gasteiger partial charge in [0.15, 0.2) is 0 Å². The molecule has 1 heterocycles. The highest BCUT2D eigenvalue weighted by molar-refractivity contribution is 6.59. The van der Waals surface area contributed by atoms with Crippen molar-refractivity contribution in [2.75, 3.05) is 13.2 Å². The molecule has 0 amide bonds. The normalized spacial score (nSPS) is 12.4. The lowest BCUT2D eigenvalue weighted by Crippen LogP contribution is -2.34. The van der Waals surface area contributed by atoms with Gasteiger partial charge in [0.1, 0.15) is 0 Å². The number of aromatic nitrogens is 1. The van der Waals surface area contributed by atoms with E-state index in [0.717, 1.165) is 24.2 Å². The molecule has 0 saturated carbocycles. The van der Waals surface area contributed by atoms with Gasteiger partial charge in [0.05, 0.1) is 25.0 Å². The highest BCUT2D eigenvalue weighted by atomic mass is 16.5. The van der Waals surface area contributed by atoms with Crippen LogP contribution in [0, 0.1) is 0 Å². The van der Waals surface area contributed by atoms with E-state index < -0.39 is 7.12 Å². The first kappa shape index (κ1) is 17.1. The maximum Gasteiger partial charge on any atom is 0.490 e. The predicted octanol–water partition coefficient (Wildman–Crippen LogP) is 0.655. The van der Waals surface area contributed by atoms with Crippen molar-refractivity contribution < 1.29 is 19.5 Å². The summed E-state index contributed by atoms with van der Waals surface area (Å²) in [5, 5.41) is 18.6. The van der Waals surface area contributed by atoms with E-state index in [1.54, 1.807) is 12.1 Å². The van der Waals surface area contributed by atoms with Crippen molar-refractivity contribution in [2.45, 2.75) is 46.3 Å². The number of ether oxygens (including phenoxy) is 2. The second-order valence-corrected chi connectivity index (χ2v) is 4.74. The van der Waals surface area contributed by atoms with E-state index in [1.807, 2.05) is 20.8 Å². The number of nitrogens with zero attached hydrogens (tertiary/aromatic N) is 1. The van der Waals surface area contributed by atoms with Crippen LogP contribution >= 0.6 is 0 Å². The summed E-state index contributed by atoms with van der Waals surface area (Å²) in [6.45, 7) is 7.53. The molecule has 0 aliphatic rings. The summed E-state index contributed by atoms with van der Waals surface area (Å²) in [5.74, 6) is 0. The molecule has 1 atom stereocenters. The first-order valence-electron chi connectivity index (χ1n) is 7.12. The summed E-state index contributed by atoms with van der Waals surface area (Å²) in [4.78, 5) is 4.44. The minimum atomic E-state index is -1.48. The lowest BCUT2D eigenvalue weighted by molar-refractivity contribution is -0.00790. The Hall–Kier alpha value is -0.945. The van der Waals surface area contributed by atoms with E-state index in [4.69, 9.17) is 9.47 Å². The number of pyridine rings is 1. The molecule has 0 aromatic carbocycles. The van der Waals surface area contributed by atoms with Gasteiger partial charge in [0.25, 0.3) is 0 Å². The Kier molecular flexibility index (Phi) is 7.76. The third-order valence-electron chi connectivity index (χ3n) is 2.89. The molecule has 0 fully saturated rings. The molecule has 1 rings (SSSR count). The number of hydrogen-bond donors (Lipinski definition) is 2. The molecule has 1 aromatic heterocycles. The number of rotatable bonds is 9. The van der Waals surface area contributed by atoms with Crippen molar-refractivity contribution in [3.63, 3.8) is 0 Å². The van der Waals surface area contributed by atoms with Crippen LogP contribution in [0.2, 0.25) is 0 Å². The number of hydrogen-bond acceptors (Lipinski definition) is 5. The van der Waals surface area contributed by atoms with Crippen molar-refractivity contribution in [3.05, 3.63) is 23.5 Å². The molecule has 2 N–H and O–H groups in total. The molecular formula is C14H24BNO4. The number of aryl methyl sites for hydroxylation is 1. The van der Waals surface area contributed by atoms with Gasteiger partial charge >= 0.3 is 7.12 Å². The van der Waals surface area contributed by atoms with Gasteiger partial charge in [-0.25, -0.2) is 0 Å². The average molecular weight is 281 g/mol. The SMILES string of the molecule is CCCc1nc(COC[C@@H](C)OCC)ccc1B(O)O. The minimum Gasteiger partial charge on any atom is -0.423 e. The second kappa shape index (κ2) is 9.08. The van der Waals surface area contributed by atoms with Crippen LogP contribution < -0.4 is 5.46 Å². The van der Waals surface area contributed by atoms with E-state index in [0.29, 0.717) is 25.3 Å². The van der Waals surface area contributed by atoms with Gasteiger partial charge in [-0.2, -0.15) is 0 Å². The Morgan fingerprint density at radius 3 is 2.65 bits per heavy atom. The molecule has 0 radical (unpaired) electrons. The van der Waals surface area contributed by atoms with E-state index >= 15 is 0 Å². The largest absolute Gasteiger partial charge is 0.490 e. The van der Waals surface area contributed by atoms with Crippen LogP contribution in [0.15, 0.2) is 12.1 Å². The molecular weight excluding hydrogens is 257 g/mol. The lowest BCUT2D eigenvalue weighted by atomic mass is 9.78. The summed E-state index contributed by atoms with van der Waals surface area (Å²) in [6, 6.07) is 3.46. The van der Waals surface area contributed by atoms with E-state index in [2.05, 4.69) is 4.98 Å². The van der Waals surface area contributed by atoms with Gasteiger partial charge in [-0.3, -0.25) is 4.98 Å². The Morgan fingerprint density at radius 2 is 2.05 bits per heavy atom. The zero-order valence-electron chi connectivity index (χ0n) is 12.5. The highest BCUT2D eigenvalue weighted by Crippen LogP contribution is 2.04. The fourth-order valence-corrected chi connectivity index (χ4v) is 1.97. The fourth-order valence-electron chi connectivity index (χ4n) is 1.97. The first-order valence-corrected chi connectivity index (χ1v) is 7.12. The molecule has 0 saturated heterocycles. The summed E-state index contributed by atoms with van der Waals surface area (Å²) >= 11 is 0. The molecule has 1 aromatic rings.